The first-order valence-corrected chi connectivity index (χ1v) is 6.64. The van der Waals surface area contributed by atoms with Crippen molar-refractivity contribution in [3.05, 3.63) is 29.3 Å². The van der Waals surface area contributed by atoms with Crippen molar-refractivity contribution in [2.75, 3.05) is 18.2 Å². The highest BCUT2D eigenvalue weighted by atomic mass is 35.5. The molecule has 0 atom stereocenters. The molecule has 0 aliphatic carbocycles. The number of halogens is 1. The van der Waals surface area contributed by atoms with Crippen LogP contribution in [-0.4, -0.2) is 23.7 Å². The van der Waals surface area contributed by atoms with Crippen molar-refractivity contribution in [3.8, 4) is 0 Å². The molecule has 0 bridgehead atoms. The fourth-order valence-corrected chi connectivity index (χ4v) is 2.18. The van der Waals surface area contributed by atoms with Crippen molar-refractivity contribution >= 4 is 23.2 Å². The number of amides is 1. The summed E-state index contributed by atoms with van der Waals surface area (Å²) in [5.41, 5.74) is 2.88. The molecule has 1 aliphatic heterocycles. The van der Waals surface area contributed by atoms with Gasteiger partial charge < -0.3 is 5.32 Å². The van der Waals surface area contributed by atoms with Gasteiger partial charge in [0, 0.05) is 24.7 Å². The van der Waals surface area contributed by atoms with E-state index in [4.69, 9.17) is 11.6 Å². The van der Waals surface area contributed by atoms with Crippen LogP contribution in [0.2, 0.25) is 0 Å². The van der Waals surface area contributed by atoms with Gasteiger partial charge in [-0.1, -0.05) is 12.1 Å². The van der Waals surface area contributed by atoms with Gasteiger partial charge in [0.05, 0.1) is 5.41 Å². The van der Waals surface area contributed by atoms with Gasteiger partial charge in [0.2, 0.25) is 5.91 Å². The Balaban J connectivity index is 2.22. The van der Waals surface area contributed by atoms with E-state index < -0.39 is 5.41 Å². The number of hydrogen-bond donors (Lipinski definition) is 1. The molecule has 1 amide bonds. The zero-order valence-electron chi connectivity index (χ0n) is 11.1. The summed E-state index contributed by atoms with van der Waals surface area (Å²) < 4.78 is 0. The minimum atomic E-state index is -0.547. The largest absolute Gasteiger partial charge is 0.325 e. The van der Waals surface area contributed by atoms with E-state index in [1.54, 1.807) is 0 Å². The Morgan fingerprint density at radius 3 is 2.83 bits per heavy atom. The van der Waals surface area contributed by atoms with Crippen LogP contribution in [-0.2, 0) is 17.9 Å². The molecule has 0 aromatic heterocycles. The fraction of sp³-hybridized carbons (Fsp3) is 0.500. The van der Waals surface area contributed by atoms with E-state index in [1.807, 2.05) is 26.0 Å². The number of alkyl halides is 1. The monoisotopic (exact) mass is 266 g/mol. The Hall–Kier alpha value is -1.06. The number of carbonyl (C=O) groups is 1. The van der Waals surface area contributed by atoms with Gasteiger partial charge in [-0.05, 0) is 38.1 Å². The summed E-state index contributed by atoms with van der Waals surface area (Å²) in [6, 6.07) is 6.06. The predicted octanol–water partition coefficient (Wildman–Crippen LogP) is 2.84. The van der Waals surface area contributed by atoms with E-state index in [-0.39, 0.29) is 5.91 Å². The van der Waals surface area contributed by atoms with Gasteiger partial charge in [-0.2, -0.15) is 0 Å². The molecule has 0 unspecified atom stereocenters. The summed E-state index contributed by atoms with van der Waals surface area (Å²) in [4.78, 5) is 14.4. The van der Waals surface area contributed by atoms with Gasteiger partial charge >= 0.3 is 0 Å². The van der Waals surface area contributed by atoms with Crippen LogP contribution < -0.4 is 5.32 Å². The van der Waals surface area contributed by atoms with E-state index >= 15 is 0 Å². The third-order valence-corrected chi connectivity index (χ3v) is 4.01. The van der Waals surface area contributed by atoms with Crippen molar-refractivity contribution < 1.29 is 4.79 Å². The quantitative estimate of drug-likeness (QED) is 0.854. The molecule has 0 spiro atoms. The Bertz CT molecular complexity index is 471. The van der Waals surface area contributed by atoms with Gasteiger partial charge in [-0.15, -0.1) is 11.6 Å². The van der Waals surface area contributed by atoms with E-state index in [9.17, 15) is 4.79 Å². The summed E-state index contributed by atoms with van der Waals surface area (Å²) in [6.45, 7) is 5.53. The molecule has 0 saturated heterocycles. The van der Waals surface area contributed by atoms with Gasteiger partial charge in [-0.25, -0.2) is 0 Å². The number of anilines is 1. The van der Waals surface area contributed by atoms with Crippen molar-refractivity contribution in [2.45, 2.75) is 26.9 Å². The maximum absolute atomic E-state index is 12.1. The highest BCUT2D eigenvalue weighted by molar-refractivity contribution is 6.20. The Morgan fingerprint density at radius 1 is 1.44 bits per heavy atom. The van der Waals surface area contributed by atoms with Gasteiger partial charge in [-0.3, -0.25) is 9.69 Å². The van der Waals surface area contributed by atoms with E-state index in [1.165, 1.54) is 11.1 Å². The normalized spacial score (nSPS) is 15.6. The molecule has 0 fully saturated rings. The lowest BCUT2D eigenvalue weighted by Crippen LogP contribution is -2.32. The predicted molar refractivity (Wildman–Crippen MR) is 74.7 cm³/mol. The summed E-state index contributed by atoms with van der Waals surface area (Å²) in [5.74, 6) is 0.286. The number of nitrogens with zero attached hydrogens (tertiary/aromatic N) is 1. The Kier molecular flexibility index (Phi) is 3.64. The highest BCUT2D eigenvalue weighted by Crippen LogP contribution is 2.29. The molecule has 1 aliphatic rings. The first-order chi connectivity index (χ1) is 8.44. The average Bonchev–Trinajstić information content (AvgIpc) is 2.70. The average molecular weight is 267 g/mol. The molecule has 18 heavy (non-hydrogen) atoms. The van der Waals surface area contributed by atoms with E-state index in [0.717, 1.165) is 18.8 Å². The van der Waals surface area contributed by atoms with Crippen LogP contribution in [0.1, 0.15) is 25.0 Å². The number of hydrogen-bond acceptors (Lipinski definition) is 2. The molecule has 1 N–H and O–H groups in total. The Morgan fingerprint density at radius 2 is 2.17 bits per heavy atom. The van der Waals surface area contributed by atoms with Gasteiger partial charge in [0.1, 0.15) is 0 Å². The highest BCUT2D eigenvalue weighted by Gasteiger charge is 2.28. The number of benzene rings is 1. The minimum absolute atomic E-state index is 0.0274. The molecular weight excluding hydrogens is 248 g/mol. The smallest absolute Gasteiger partial charge is 0.231 e. The minimum Gasteiger partial charge on any atom is -0.325 e. The molecule has 1 heterocycles. The molecule has 0 radical (unpaired) electrons. The number of nitrogens with one attached hydrogen (secondary N) is 1. The van der Waals surface area contributed by atoms with Crippen molar-refractivity contribution in [3.63, 3.8) is 0 Å². The lowest BCUT2D eigenvalue weighted by atomic mass is 9.95. The van der Waals surface area contributed by atoms with Gasteiger partial charge in [0.25, 0.3) is 0 Å². The van der Waals surface area contributed by atoms with Crippen LogP contribution in [0.25, 0.3) is 0 Å². The second-order valence-electron chi connectivity index (χ2n) is 5.59. The topological polar surface area (TPSA) is 32.3 Å². The molecule has 2 rings (SSSR count). The number of carbonyl (C=O) groups excluding carboxylic acids is 1. The lowest BCUT2D eigenvalue weighted by Gasteiger charge is -2.21. The molecule has 1 aromatic carbocycles. The summed E-state index contributed by atoms with van der Waals surface area (Å²) in [7, 11) is 2.08. The van der Waals surface area contributed by atoms with Crippen LogP contribution in [0, 0.1) is 5.41 Å². The van der Waals surface area contributed by atoms with E-state index in [0.29, 0.717) is 5.88 Å². The van der Waals surface area contributed by atoms with Crippen LogP contribution in [0.4, 0.5) is 5.69 Å². The molecular formula is C14H19ClN2O. The summed E-state index contributed by atoms with van der Waals surface area (Å²) in [5, 5.41) is 3.00. The second kappa shape index (κ2) is 4.90. The maximum atomic E-state index is 12.1. The van der Waals surface area contributed by atoms with Crippen molar-refractivity contribution in [1.29, 1.82) is 0 Å². The van der Waals surface area contributed by atoms with E-state index in [2.05, 4.69) is 23.3 Å². The molecule has 3 nitrogen and oxygen atoms in total. The first kappa shape index (κ1) is 13.4. The van der Waals surface area contributed by atoms with Gasteiger partial charge in [0.15, 0.2) is 0 Å². The molecule has 4 heteroatoms. The molecule has 0 saturated carbocycles. The third-order valence-electron chi connectivity index (χ3n) is 3.34. The van der Waals surface area contributed by atoms with Crippen LogP contribution in [0.15, 0.2) is 18.2 Å². The second-order valence-corrected chi connectivity index (χ2v) is 5.85. The van der Waals surface area contributed by atoms with Crippen LogP contribution >= 0.6 is 11.6 Å². The lowest BCUT2D eigenvalue weighted by molar-refractivity contribution is -0.122. The van der Waals surface area contributed by atoms with Crippen molar-refractivity contribution in [2.24, 2.45) is 5.41 Å². The zero-order valence-corrected chi connectivity index (χ0v) is 11.8. The van der Waals surface area contributed by atoms with Crippen LogP contribution in [0.5, 0.6) is 0 Å². The standard InChI is InChI=1S/C14H19ClN2O/c1-14(2,9-15)13(18)16-12-6-4-5-10-7-17(3)8-11(10)12/h4-6H,7-9H2,1-3H3,(H,16,18). The molecule has 1 aromatic rings. The zero-order chi connectivity index (χ0) is 13.3. The summed E-state index contributed by atoms with van der Waals surface area (Å²) >= 11 is 5.83. The first-order valence-electron chi connectivity index (χ1n) is 6.11. The maximum Gasteiger partial charge on any atom is 0.231 e. The number of fused-ring (bicyclic) bond motifs is 1. The number of rotatable bonds is 3. The summed E-state index contributed by atoms with van der Waals surface area (Å²) in [6.07, 6.45) is 0. The third kappa shape index (κ3) is 2.52. The van der Waals surface area contributed by atoms with Crippen molar-refractivity contribution in [1.82, 2.24) is 4.90 Å². The fourth-order valence-electron chi connectivity index (χ4n) is 2.06. The van der Waals surface area contributed by atoms with Crippen LogP contribution in [0.3, 0.4) is 0 Å². The molecule has 98 valence electrons. The Labute approximate surface area is 113 Å². The SMILES string of the molecule is CN1Cc2cccc(NC(=O)C(C)(C)CCl)c2C1.